The lowest BCUT2D eigenvalue weighted by Crippen LogP contribution is -1.97. The van der Waals surface area contributed by atoms with E-state index in [1.54, 1.807) is 0 Å². The molecule has 2 nitrogen and oxygen atoms in total. The summed E-state index contributed by atoms with van der Waals surface area (Å²) in [5.41, 5.74) is 3.56. The first-order valence-electron chi connectivity index (χ1n) is 6.57. The third-order valence-corrected chi connectivity index (χ3v) is 5.43. The Bertz CT molecular complexity index is 887. The summed E-state index contributed by atoms with van der Waals surface area (Å²) in [6.07, 6.45) is 2.17. The van der Waals surface area contributed by atoms with Crippen molar-refractivity contribution in [3.63, 3.8) is 0 Å². The Morgan fingerprint density at radius 1 is 1.00 bits per heavy atom. The van der Waals surface area contributed by atoms with E-state index in [4.69, 9.17) is 4.78 Å². The summed E-state index contributed by atoms with van der Waals surface area (Å²) in [4.78, 5) is 2.25. The van der Waals surface area contributed by atoms with Gasteiger partial charge in [-0.2, -0.15) is 0 Å². The van der Waals surface area contributed by atoms with Crippen LogP contribution in [0.1, 0.15) is 11.3 Å². The largest absolute Gasteiger partial charge is 0.343 e. The average molecular weight is 278 g/mol. The quantitative estimate of drug-likeness (QED) is 0.682. The van der Waals surface area contributed by atoms with E-state index >= 15 is 0 Å². The molecule has 3 aromatic rings. The average Bonchev–Trinajstić information content (AvgIpc) is 2.98. The number of aryl methyl sites for hydroxylation is 1. The monoisotopic (exact) mass is 278 g/mol. The third-order valence-electron chi connectivity index (χ3n) is 3.85. The van der Waals surface area contributed by atoms with Gasteiger partial charge in [0.1, 0.15) is 0 Å². The lowest BCUT2D eigenvalue weighted by molar-refractivity contribution is 0.953. The van der Waals surface area contributed by atoms with Gasteiger partial charge in [-0.1, -0.05) is 36.4 Å². The smallest absolute Gasteiger partial charge is 0.0566 e. The minimum absolute atomic E-state index is 0.583. The lowest BCUT2D eigenvalue weighted by atomic mass is 10.2. The molecule has 1 unspecified atom stereocenters. The minimum Gasteiger partial charge on any atom is -0.343 e. The highest BCUT2D eigenvalue weighted by Gasteiger charge is 2.21. The van der Waals surface area contributed by atoms with Gasteiger partial charge in [0.05, 0.1) is 5.69 Å². The molecule has 2 aromatic carbocycles. The number of hydrogen-bond donors (Lipinski definition) is 1. The number of fused-ring (bicyclic) bond motifs is 2. The van der Waals surface area contributed by atoms with E-state index in [1.807, 2.05) is 12.1 Å². The molecule has 1 aromatic heterocycles. The molecule has 4 rings (SSSR count). The van der Waals surface area contributed by atoms with Crippen LogP contribution in [0, 0.1) is 4.78 Å². The van der Waals surface area contributed by atoms with Crippen LogP contribution in [0.5, 0.6) is 0 Å². The van der Waals surface area contributed by atoms with Gasteiger partial charge >= 0.3 is 0 Å². The first-order chi connectivity index (χ1) is 9.75. The van der Waals surface area contributed by atoms with Crippen molar-refractivity contribution in [1.82, 2.24) is 4.57 Å². The van der Waals surface area contributed by atoms with Gasteiger partial charge in [-0.25, -0.2) is 0 Å². The first-order valence-corrected chi connectivity index (χ1v) is 7.79. The van der Waals surface area contributed by atoms with Gasteiger partial charge in [-0.15, -0.1) is 0 Å². The van der Waals surface area contributed by atoms with Gasteiger partial charge in [0.2, 0.25) is 0 Å². The van der Waals surface area contributed by atoms with Crippen LogP contribution in [-0.4, -0.2) is 4.57 Å². The topological polar surface area (TPSA) is 28.8 Å². The van der Waals surface area contributed by atoms with E-state index in [-0.39, 0.29) is 0 Å². The minimum atomic E-state index is -0.583. The van der Waals surface area contributed by atoms with E-state index in [1.165, 1.54) is 16.5 Å². The van der Waals surface area contributed by atoms with E-state index in [0.29, 0.717) is 0 Å². The molecular weight excluding hydrogens is 264 g/mol. The van der Waals surface area contributed by atoms with Crippen molar-refractivity contribution in [3.8, 4) is 0 Å². The Balaban J connectivity index is 1.94. The van der Waals surface area contributed by atoms with Crippen LogP contribution < -0.4 is 0 Å². The summed E-state index contributed by atoms with van der Waals surface area (Å²) in [5, 5.41) is 1.24. The predicted molar refractivity (Wildman–Crippen MR) is 85.6 cm³/mol. The molecule has 0 aliphatic carbocycles. The van der Waals surface area contributed by atoms with Gasteiger partial charge in [0.15, 0.2) is 0 Å². The molecule has 0 spiro atoms. The summed E-state index contributed by atoms with van der Waals surface area (Å²) in [7, 11) is 1.50. The summed E-state index contributed by atoms with van der Waals surface area (Å²) in [6.45, 7) is 0. The zero-order chi connectivity index (χ0) is 13.7. The number of benzene rings is 2. The number of rotatable bonds is 1. The van der Waals surface area contributed by atoms with E-state index in [0.717, 1.165) is 15.5 Å². The van der Waals surface area contributed by atoms with Gasteiger partial charge in [-0.3, -0.25) is 4.78 Å². The molecule has 0 fully saturated rings. The molecule has 0 bridgehead atoms. The predicted octanol–water partition coefficient (Wildman–Crippen LogP) is 4.43. The fourth-order valence-electron chi connectivity index (χ4n) is 2.81. The van der Waals surface area contributed by atoms with Crippen LogP contribution in [-0.2, 0) is 17.7 Å². The maximum absolute atomic E-state index is 8.52. The van der Waals surface area contributed by atoms with Crippen molar-refractivity contribution in [2.24, 2.45) is 7.05 Å². The molecule has 20 heavy (non-hydrogen) atoms. The van der Waals surface area contributed by atoms with Crippen molar-refractivity contribution >= 4 is 32.6 Å². The second-order valence-electron chi connectivity index (χ2n) is 5.00. The van der Waals surface area contributed by atoms with Gasteiger partial charge in [0.25, 0.3) is 0 Å². The molecule has 1 N–H and O–H groups in total. The Morgan fingerprint density at radius 2 is 1.75 bits per heavy atom. The molecule has 3 heteroatoms. The Kier molecular flexibility index (Phi) is 2.44. The maximum Gasteiger partial charge on any atom is 0.0566 e. The molecule has 1 atom stereocenters. The molecule has 0 saturated heterocycles. The Hall–Kier alpha value is -2.13. The number of nitrogens with one attached hydrogen (secondary N) is 1. The first kappa shape index (κ1) is 11.7. The Morgan fingerprint density at radius 3 is 2.55 bits per heavy atom. The highest BCUT2D eigenvalue weighted by molar-refractivity contribution is 7.96. The molecule has 1 aliphatic heterocycles. The Labute approximate surface area is 120 Å². The molecule has 1 aliphatic rings. The number of hydrogen-bond acceptors (Lipinski definition) is 1. The number of aromatic nitrogens is 1. The summed E-state index contributed by atoms with van der Waals surface area (Å²) in [5.74, 6) is 0. The number of nitrogens with zero attached hydrogens (tertiary/aromatic N) is 1. The molecule has 2 heterocycles. The lowest BCUT2D eigenvalue weighted by Gasteiger charge is -2.07. The van der Waals surface area contributed by atoms with Crippen molar-refractivity contribution in [2.75, 3.05) is 0 Å². The molecule has 98 valence electrons. The van der Waals surface area contributed by atoms with Gasteiger partial charge < -0.3 is 4.57 Å². The normalized spacial score (nSPS) is 17.2. The van der Waals surface area contributed by atoms with Crippen LogP contribution >= 0.6 is 0 Å². The molecular formula is C17H14N2S. The van der Waals surface area contributed by atoms with Crippen molar-refractivity contribution in [1.29, 1.82) is 4.78 Å². The second kappa shape index (κ2) is 4.18. The summed E-state index contributed by atoms with van der Waals surface area (Å²) >= 11 is 0. The van der Waals surface area contributed by atoms with E-state index < -0.39 is 10.7 Å². The highest BCUT2D eigenvalue weighted by Crippen LogP contribution is 2.37. The van der Waals surface area contributed by atoms with Gasteiger partial charge in [-0.05, 0) is 40.5 Å². The van der Waals surface area contributed by atoms with Crippen LogP contribution in [0.3, 0.4) is 0 Å². The van der Waals surface area contributed by atoms with Crippen LogP contribution in [0.4, 0.5) is 0 Å². The zero-order valence-electron chi connectivity index (χ0n) is 11.1. The number of para-hydroxylation sites is 1. The highest BCUT2D eigenvalue weighted by atomic mass is 32.2. The summed E-state index contributed by atoms with van der Waals surface area (Å²) < 4.78 is 10.7. The molecule has 0 radical (unpaired) electrons. The van der Waals surface area contributed by atoms with Crippen molar-refractivity contribution < 1.29 is 0 Å². The van der Waals surface area contributed by atoms with Crippen molar-refractivity contribution in [3.05, 3.63) is 65.9 Å². The zero-order valence-corrected chi connectivity index (χ0v) is 11.9. The van der Waals surface area contributed by atoms with E-state index in [9.17, 15) is 0 Å². The van der Waals surface area contributed by atoms with Crippen molar-refractivity contribution in [2.45, 2.75) is 4.90 Å². The molecule has 0 saturated carbocycles. The summed E-state index contributed by atoms with van der Waals surface area (Å²) in [6, 6.07) is 18.8. The van der Waals surface area contributed by atoms with Crippen LogP contribution in [0.2, 0.25) is 0 Å². The van der Waals surface area contributed by atoms with Crippen LogP contribution in [0.15, 0.2) is 59.5 Å². The van der Waals surface area contributed by atoms with Crippen LogP contribution in [0.25, 0.3) is 21.9 Å². The van der Waals surface area contributed by atoms with Gasteiger partial charge in [0, 0.05) is 27.8 Å². The van der Waals surface area contributed by atoms with E-state index in [2.05, 4.69) is 60.2 Å². The SMILES string of the molecule is Cn1c(C2=Cc3ccccc3S2=N)cc2ccccc21. The fourth-order valence-corrected chi connectivity index (χ4v) is 4.27. The standard InChI is InChI=1S/C17H14N2S/c1-19-14-8-4-2-6-12(14)10-15(19)17-11-13-7-3-5-9-16(13)20(17)18/h2-11,18H,1H3. The maximum atomic E-state index is 8.52. The molecule has 0 amide bonds. The fraction of sp³-hybridized carbons (Fsp3) is 0.0588. The third kappa shape index (κ3) is 1.53. The second-order valence-corrected chi connectivity index (χ2v) is 6.49.